The van der Waals surface area contributed by atoms with Crippen molar-refractivity contribution in [1.82, 2.24) is 14.7 Å². The van der Waals surface area contributed by atoms with Crippen LogP contribution >= 0.6 is 0 Å². The third-order valence-electron chi connectivity index (χ3n) is 5.39. The van der Waals surface area contributed by atoms with E-state index in [1.54, 1.807) is 24.1 Å². The molecule has 2 heterocycles. The molecule has 1 aliphatic carbocycles. The van der Waals surface area contributed by atoms with Crippen LogP contribution in [0.1, 0.15) is 46.6 Å². The number of hydrogen-bond acceptors (Lipinski definition) is 3. The number of carbonyl (C=O) groups excluding carboxylic acids is 2. The minimum atomic E-state index is -0.604. The summed E-state index contributed by atoms with van der Waals surface area (Å²) in [7, 11) is 1.78. The highest BCUT2D eigenvalue weighted by Crippen LogP contribution is 2.29. The number of likely N-dealkylation sites (tertiary alicyclic amines) is 1. The number of benzene rings is 1. The third kappa shape index (κ3) is 3.15. The minimum Gasteiger partial charge on any atom is -0.364 e. The van der Waals surface area contributed by atoms with Gasteiger partial charge in [-0.15, -0.1) is 0 Å². The number of primary amides is 1. The highest BCUT2D eigenvalue weighted by molar-refractivity contribution is 5.92. The van der Waals surface area contributed by atoms with Gasteiger partial charge < -0.3 is 10.6 Å². The maximum atomic E-state index is 14.6. The first-order valence-electron chi connectivity index (χ1n) is 9.42. The van der Waals surface area contributed by atoms with Gasteiger partial charge in [0.1, 0.15) is 11.5 Å². The first-order chi connectivity index (χ1) is 13.5. The molecule has 4 rings (SSSR count). The van der Waals surface area contributed by atoms with Gasteiger partial charge in [0.05, 0.1) is 5.92 Å². The second kappa shape index (κ2) is 7.12. The van der Waals surface area contributed by atoms with Crippen LogP contribution in [0.25, 0.3) is 5.69 Å². The van der Waals surface area contributed by atoms with Crippen LogP contribution in [0.2, 0.25) is 0 Å². The number of carbonyl (C=O) groups is 2. The largest absolute Gasteiger partial charge is 0.364 e. The molecule has 0 saturated carbocycles. The summed E-state index contributed by atoms with van der Waals surface area (Å²) in [6.45, 7) is 0.754. The summed E-state index contributed by atoms with van der Waals surface area (Å²) in [5.74, 6) is 4.67. The second-order valence-corrected chi connectivity index (χ2v) is 7.29. The zero-order chi connectivity index (χ0) is 19.8. The van der Waals surface area contributed by atoms with Crippen LogP contribution in [0.3, 0.4) is 0 Å². The van der Waals surface area contributed by atoms with E-state index in [1.807, 2.05) is 0 Å². The number of rotatable bonds is 2. The lowest BCUT2D eigenvalue weighted by atomic mass is 9.97. The molecular formula is C21H21FN4O2. The van der Waals surface area contributed by atoms with E-state index in [1.165, 1.54) is 10.7 Å². The molecule has 1 fully saturated rings. The molecule has 1 aromatic carbocycles. The van der Waals surface area contributed by atoms with E-state index < -0.39 is 11.7 Å². The Morgan fingerprint density at radius 1 is 1.32 bits per heavy atom. The Kier molecular flexibility index (Phi) is 4.63. The lowest BCUT2D eigenvalue weighted by molar-refractivity contribution is -0.134. The standard InChI is InChI=1S/C21H21FN4O2/c1-25-11-3-4-14(21(25)28)9-7-13-8-10-16(22)18(12-13)26-17-6-2-5-15(17)19(24-26)20(23)27/h8,10,12,14H,2-6,11H2,1H3,(H2,23,27). The van der Waals surface area contributed by atoms with Gasteiger partial charge in [0.2, 0.25) is 5.91 Å². The number of hydrogen-bond donors (Lipinski definition) is 1. The molecule has 0 spiro atoms. The Hall–Kier alpha value is -3.14. The van der Waals surface area contributed by atoms with Crippen molar-refractivity contribution in [3.63, 3.8) is 0 Å². The predicted molar refractivity (Wildman–Crippen MR) is 101 cm³/mol. The number of halogens is 1. The molecule has 2 aromatic rings. The van der Waals surface area contributed by atoms with E-state index in [-0.39, 0.29) is 23.2 Å². The van der Waals surface area contributed by atoms with Gasteiger partial charge in [-0.3, -0.25) is 9.59 Å². The summed E-state index contributed by atoms with van der Waals surface area (Å²) in [4.78, 5) is 25.6. The molecule has 7 heteroatoms. The van der Waals surface area contributed by atoms with Gasteiger partial charge >= 0.3 is 0 Å². The molecule has 2 amide bonds. The molecule has 0 radical (unpaired) electrons. The van der Waals surface area contributed by atoms with Gasteiger partial charge in [-0.2, -0.15) is 5.10 Å². The lowest BCUT2D eigenvalue weighted by Gasteiger charge is -2.26. The summed E-state index contributed by atoms with van der Waals surface area (Å²) in [6, 6.07) is 4.53. The summed E-state index contributed by atoms with van der Waals surface area (Å²) in [5, 5.41) is 4.27. The summed E-state index contributed by atoms with van der Waals surface area (Å²) >= 11 is 0. The quantitative estimate of drug-likeness (QED) is 0.807. The van der Waals surface area contributed by atoms with Crippen LogP contribution in [0.5, 0.6) is 0 Å². The van der Waals surface area contributed by atoms with Crippen molar-refractivity contribution in [2.45, 2.75) is 32.1 Å². The first kappa shape index (κ1) is 18.2. The predicted octanol–water partition coefficient (Wildman–Crippen LogP) is 1.82. The van der Waals surface area contributed by atoms with Crippen molar-refractivity contribution >= 4 is 11.8 Å². The minimum absolute atomic E-state index is 0.0251. The normalized spacial score (nSPS) is 18.6. The molecule has 1 aliphatic heterocycles. The molecule has 2 aliphatic rings. The monoisotopic (exact) mass is 380 g/mol. The molecule has 1 aromatic heterocycles. The molecule has 0 bridgehead atoms. The Balaban J connectivity index is 1.70. The van der Waals surface area contributed by atoms with Crippen LogP contribution in [0.15, 0.2) is 18.2 Å². The van der Waals surface area contributed by atoms with Gasteiger partial charge in [0.15, 0.2) is 5.69 Å². The summed E-state index contributed by atoms with van der Waals surface area (Å²) in [5.41, 5.74) is 8.11. The molecule has 1 unspecified atom stereocenters. The number of amides is 2. The number of nitrogens with two attached hydrogens (primary N) is 1. The Bertz CT molecular complexity index is 1030. The van der Waals surface area contributed by atoms with Gasteiger partial charge in [-0.1, -0.05) is 11.8 Å². The van der Waals surface area contributed by atoms with E-state index in [0.717, 1.165) is 37.1 Å². The molecular weight excluding hydrogens is 359 g/mol. The molecule has 1 atom stereocenters. The summed E-state index contributed by atoms with van der Waals surface area (Å²) in [6.07, 6.45) is 3.97. The van der Waals surface area contributed by atoms with Crippen LogP contribution in [-0.2, 0) is 17.6 Å². The van der Waals surface area contributed by atoms with E-state index in [4.69, 9.17) is 5.73 Å². The maximum absolute atomic E-state index is 14.6. The molecule has 6 nitrogen and oxygen atoms in total. The highest BCUT2D eigenvalue weighted by atomic mass is 19.1. The lowest BCUT2D eigenvalue weighted by Crippen LogP contribution is -2.37. The zero-order valence-electron chi connectivity index (χ0n) is 15.7. The number of fused-ring (bicyclic) bond motifs is 1. The molecule has 1 saturated heterocycles. The SMILES string of the molecule is CN1CCCC(C#Cc2ccc(F)c(-n3nc(C(N)=O)c4c3CCC4)c2)C1=O. The average Bonchev–Trinajstić information content (AvgIpc) is 3.26. The molecule has 28 heavy (non-hydrogen) atoms. The number of piperidine rings is 1. The fourth-order valence-corrected chi connectivity index (χ4v) is 3.92. The van der Waals surface area contributed by atoms with E-state index in [9.17, 15) is 14.0 Å². The van der Waals surface area contributed by atoms with Crippen LogP contribution in [0, 0.1) is 23.6 Å². The fourth-order valence-electron chi connectivity index (χ4n) is 3.92. The van der Waals surface area contributed by atoms with Crippen molar-refractivity contribution in [3.05, 3.63) is 46.5 Å². The smallest absolute Gasteiger partial charge is 0.269 e. The molecule has 2 N–H and O–H groups in total. The number of aromatic nitrogens is 2. The van der Waals surface area contributed by atoms with Crippen molar-refractivity contribution in [3.8, 4) is 17.5 Å². The summed E-state index contributed by atoms with van der Waals surface area (Å²) < 4.78 is 16.0. The van der Waals surface area contributed by atoms with E-state index in [2.05, 4.69) is 16.9 Å². The fraction of sp³-hybridized carbons (Fsp3) is 0.381. The Labute approximate surface area is 162 Å². The highest BCUT2D eigenvalue weighted by Gasteiger charge is 2.27. The van der Waals surface area contributed by atoms with Crippen LogP contribution in [0.4, 0.5) is 4.39 Å². The third-order valence-corrected chi connectivity index (χ3v) is 5.39. The average molecular weight is 380 g/mol. The van der Waals surface area contributed by atoms with Gasteiger partial charge in [0.25, 0.3) is 5.91 Å². The number of nitrogens with zero attached hydrogens (tertiary/aromatic N) is 3. The van der Waals surface area contributed by atoms with Crippen molar-refractivity contribution in [1.29, 1.82) is 0 Å². The van der Waals surface area contributed by atoms with Crippen molar-refractivity contribution in [2.75, 3.05) is 13.6 Å². The van der Waals surface area contributed by atoms with Crippen LogP contribution in [-0.4, -0.2) is 40.1 Å². The van der Waals surface area contributed by atoms with E-state index in [0.29, 0.717) is 18.4 Å². The van der Waals surface area contributed by atoms with Crippen LogP contribution < -0.4 is 5.73 Å². The first-order valence-corrected chi connectivity index (χ1v) is 9.42. The van der Waals surface area contributed by atoms with Crippen molar-refractivity contribution < 1.29 is 14.0 Å². The van der Waals surface area contributed by atoms with Gasteiger partial charge in [-0.25, -0.2) is 9.07 Å². The van der Waals surface area contributed by atoms with E-state index >= 15 is 0 Å². The topological polar surface area (TPSA) is 81.2 Å². The Morgan fingerprint density at radius 3 is 2.93 bits per heavy atom. The van der Waals surface area contributed by atoms with Crippen molar-refractivity contribution in [2.24, 2.45) is 11.7 Å². The second-order valence-electron chi connectivity index (χ2n) is 7.29. The Morgan fingerprint density at radius 2 is 2.14 bits per heavy atom. The van der Waals surface area contributed by atoms with Gasteiger partial charge in [-0.05, 0) is 50.3 Å². The maximum Gasteiger partial charge on any atom is 0.269 e. The molecule has 144 valence electrons. The zero-order valence-corrected chi connectivity index (χ0v) is 15.7. The van der Waals surface area contributed by atoms with Gasteiger partial charge in [0, 0.05) is 30.4 Å².